The maximum absolute atomic E-state index is 12.2. The van der Waals surface area contributed by atoms with Crippen LogP contribution in [0.15, 0.2) is 18.2 Å². The van der Waals surface area contributed by atoms with Crippen molar-refractivity contribution in [1.82, 2.24) is 10.2 Å². The average molecular weight is 378 g/mol. The summed E-state index contributed by atoms with van der Waals surface area (Å²) in [6.07, 6.45) is 3.04. The lowest BCUT2D eigenvalue weighted by Gasteiger charge is -2.10. The topological polar surface area (TPSA) is 73.3 Å². The van der Waals surface area contributed by atoms with E-state index in [2.05, 4.69) is 29.4 Å². The van der Waals surface area contributed by atoms with Crippen LogP contribution in [0.1, 0.15) is 56.5 Å². The van der Waals surface area contributed by atoms with Gasteiger partial charge in [0.15, 0.2) is 11.5 Å². The molecule has 0 unspecified atom stereocenters. The summed E-state index contributed by atoms with van der Waals surface area (Å²) in [6, 6.07) is 5.74. The normalized spacial score (nSPS) is 10.8. The molecule has 0 radical (unpaired) electrons. The lowest BCUT2D eigenvalue weighted by atomic mass is 10.1. The molecule has 2 aromatic rings. The van der Waals surface area contributed by atoms with Crippen molar-refractivity contribution in [2.24, 2.45) is 0 Å². The van der Waals surface area contributed by atoms with Gasteiger partial charge in [-0.05, 0) is 43.9 Å². The molecule has 2 rings (SSSR count). The Morgan fingerprint density at radius 2 is 1.96 bits per heavy atom. The number of ether oxygens (including phenoxy) is 2. The van der Waals surface area contributed by atoms with E-state index in [-0.39, 0.29) is 5.91 Å². The first-order valence-electron chi connectivity index (χ1n) is 9.04. The van der Waals surface area contributed by atoms with Gasteiger partial charge in [0, 0.05) is 12.3 Å². The molecule has 142 valence electrons. The van der Waals surface area contributed by atoms with Crippen LogP contribution in [0.4, 0.5) is 5.13 Å². The van der Waals surface area contributed by atoms with Crippen LogP contribution in [0.5, 0.6) is 11.5 Å². The van der Waals surface area contributed by atoms with E-state index in [1.165, 1.54) is 11.3 Å². The number of anilines is 1. The molecule has 0 aliphatic heterocycles. The van der Waals surface area contributed by atoms with Crippen molar-refractivity contribution in [2.45, 2.75) is 52.4 Å². The fourth-order valence-electron chi connectivity index (χ4n) is 2.67. The summed E-state index contributed by atoms with van der Waals surface area (Å²) in [5, 5.41) is 12.7. The van der Waals surface area contributed by atoms with Gasteiger partial charge in [0.05, 0.1) is 13.7 Å². The first-order valence-corrected chi connectivity index (χ1v) is 9.85. The summed E-state index contributed by atoms with van der Waals surface area (Å²) in [5.41, 5.74) is 1.02. The van der Waals surface area contributed by atoms with Crippen molar-refractivity contribution in [3.8, 4) is 11.5 Å². The van der Waals surface area contributed by atoms with E-state index in [0.29, 0.717) is 42.0 Å². The summed E-state index contributed by atoms with van der Waals surface area (Å²) in [4.78, 5) is 12.2. The van der Waals surface area contributed by atoms with Gasteiger partial charge in [0.2, 0.25) is 11.0 Å². The van der Waals surface area contributed by atoms with Crippen LogP contribution in [-0.4, -0.2) is 29.8 Å². The predicted molar refractivity (Wildman–Crippen MR) is 104 cm³/mol. The maximum Gasteiger partial charge on any atom is 0.226 e. The zero-order valence-corrected chi connectivity index (χ0v) is 16.7. The first-order chi connectivity index (χ1) is 12.6. The Morgan fingerprint density at radius 3 is 2.62 bits per heavy atom. The summed E-state index contributed by atoms with van der Waals surface area (Å²) in [7, 11) is 1.61. The van der Waals surface area contributed by atoms with Gasteiger partial charge in [-0.25, -0.2) is 0 Å². The standard InChI is InChI=1S/C19H27N3O3S/c1-5-14(6-2)18-21-22-19(26-18)20-17(23)11-9-13-8-10-15(25-7-3)16(12-13)24-4/h8,10,12,14H,5-7,9,11H2,1-4H3,(H,20,22,23). The van der Waals surface area contributed by atoms with Crippen LogP contribution in [0, 0.1) is 0 Å². The van der Waals surface area contributed by atoms with Crippen LogP contribution in [0.25, 0.3) is 0 Å². The summed E-state index contributed by atoms with van der Waals surface area (Å²) < 4.78 is 10.9. The van der Waals surface area contributed by atoms with Crippen molar-refractivity contribution in [2.75, 3.05) is 19.0 Å². The molecule has 1 aromatic heterocycles. The molecule has 1 amide bonds. The molecule has 1 N–H and O–H groups in total. The Hall–Kier alpha value is -2.15. The van der Waals surface area contributed by atoms with E-state index in [0.717, 1.165) is 23.4 Å². The number of carbonyl (C=O) groups excluding carboxylic acids is 1. The number of hydrogen-bond donors (Lipinski definition) is 1. The van der Waals surface area contributed by atoms with E-state index in [1.54, 1.807) is 7.11 Å². The van der Waals surface area contributed by atoms with Crippen LogP contribution in [-0.2, 0) is 11.2 Å². The number of carbonyl (C=O) groups is 1. The highest BCUT2D eigenvalue weighted by Gasteiger charge is 2.15. The van der Waals surface area contributed by atoms with Gasteiger partial charge in [-0.1, -0.05) is 31.3 Å². The van der Waals surface area contributed by atoms with Gasteiger partial charge in [-0.3, -0.25) is 4.79 Å². The number of hydrogen-bond acceptors (Lipinski definition) is 6. The molecule has 0 fully saturated rings. The monoisotopic (exact) mass is 377 g/mol. The second-order valence-electron chi connectivity index (χ2n) is 5.93. The summed E-state index contributed by atoms with van der Waals surface area (Å²) in [6.45, 7) is 6.79. The Labute approximate surface area is 158 Å². The van der Waals surface area contributed by atoms with E-state index in [4.69, 9.17) is 9.47 Å². The highest BCUT2D eigenvalue weighted by atomic mass is 32.1. The Kier molecular flexibility index (Phi) is 7.84. The lowest BCUT2D eigenvalue weighted by Crippen LogP contribution is -2.12. The Morgan fingerprint density at radius 1 is 1.19 bits per heavy atom. The Bertz CT molecular complexity index is 714. The molecular weight excluding hydrogens is 350 g/mol. The van der Waals surface area contributed by atoms with E-state index < -0.39 is 0 Å². The van der Waals surface area contributed by atoms with Gasteiger partial charge < -0.3 is 14.8 Å². The molecule has 1 heterocycles. The summed E-state index contributed by atoms with van der Waals surface area (Å²) in [5.74, 6) is 1.74. The first kappa shape index (κ1) is 20.2. The number of nitrogens with zero attached hydrogens (tertiary/aromatic N) is 2. The fourth-order valence-corrected chi connectivity index (χ4v) is 3.70. The maximum atomic E-state index is 12.2. The number of amides is 1. The fraction of sp³-hybridized carbons (Fsp3) is 0.526. The number of aromatic nitrogens is 2. The third kappa shape index (κ3) is 5.42. The van der Waals surface area contributed by atoms with Crippen LogP contribution in [0.2, 0.25) is 0 Å². The van der Waals surface area contributed by atoms with E-state index in [9.17, 15) is 4.79 Å². The lowest BCUT2D eigenvalue weighted by molar-refractivity contribution is -0.116. The minimum Gasteiger partial charge on any atom is -0.493 e. The molecule has 6 nitrogen and oxygen atoms in total. The molecule has 0 aliphatic rings. The van der Waals surface area contributed by atoms with Crippen molar-refractivity contribution in [1.29, 1.82) is 0 Å². The molecule has 0 atom stereocenters. The largest absolute Gasteiger partial charge is 0.493 e. The van der Waals surface area contributed by atoms with E-state index in [1.807, 2.05) is 25.1 Å². The molecule has 0 aliphatic carbocycles. The number of aryl methyl sites for hydroxylation is 1. The molecule has 1 aromatic carbocycles. The van der Waals surface area contributed by atoms with Crippen molar-refractivity contribution in [3.63, 3.8) is 0 Å². The quantitative estimate of drug-likeness (QED) is 0.663. The average Bonchev–Trinajstić information content (AvgIpc) is 3.10. The third-order valence-electron chi connectivity index (χ3n) is 4.19. The zero-order valence-electron chi connectivity index (χ0n) is 15.9. The second-order valence-corrected chi connectivity index (χ2v) is 6.93. The Balaban J connectivity index is 1.91. The van der Waals surface area contributed by atoms with Gasteiger partial charge in [0.1, 0.15) is 5.01 Å². The van der Waals surface area contributed by atoms with Crippen LogP contribution in [0.3, 0.4) is 0 Å². The molecular formula is C19H27N3O3S. The number of nitrogens with one attached hydrogen (secondary N) is 1. The zero-order chi connectivity index (χ0) is 18.9. The minimum absolute atomic E-state index is 0.0647. The number of rotatable bonds is 10. The summed E-state index contributed by atoms with van der Waals surface area (Å²) >= 11 is 1.46. The highest BCUT2D eigenvalue weighted by Crippen LogP contribution is 2.29. The smallest absolute Gasteiger partial charge is 0.226 e. The minimum atomic E-state index is -0.0647. The second kappa shape index (κ2) is 10.1. The number of benzene rings is 1. The molecule has 26 heavy (non-hydrogen) atoms. The third-order valence-corrected chi connectivity index (χ3v) is 5.19. The molecule has 7 heteroatoms. The van der Waals surface area contributed by atoms with Gasteiger partial charge in [0.25, 0.3) is 0 Å². The van der Waals surface area contributed by atoms with Crippen molar-refractivity contribution < 1.29 is 14.3 Å². The van der Waals surface area contributed by atoms with Crippen molar-refractivity contribution in [3.05, 3.63) is 28.8 Å². The van der Waals surface area contributed by atoms with Gasteiger partial charge >= 0.3 is 0 Å². The molecule has 0 spiro atoms. The SMILES string of the molecule is CCOc1ccc(CCC(=O)Nc2nnc(C(CC)CC)s2)cc1OC. The highest BCUT2D eigenvalue weighted by molar-refractivity contribution is 7.15. The molecule has 0 bridgehead atoms. The number of methoxy groups -OCH3 is 1. The van der Waals surface area contributed by atoms with Crippen LogP contribution < -0.4 is 14.8 Å². The predicted octanol–water partition coefficient (Wildman–Crippen LogP) is 4.42. The van der Waals surface area contributed by atoms with Gasteiger partial charge in [-0.15, -0.1) is 10.2 Å². The van der Waals surface area contributed by atoms with E-state index >= 15 is 0 Å². The van der Waals surface area contributed by atoms with Gasteiger partial charge in [-0.2, -0.15) is 0 Å². The van der Waals surface area contributed by atoms with Crippen molar-refractivity contribution >= 4 is 22.4 Å². The molecule has 0 saturated carbocycles. The van der Waals surface area contributed by atoms with Crippen LogP contribution >= 0.6 is 11.3 Å². The molecule has 0 saturated heterocycles.